The summed E-state index contributed by atoms with van der Waals surface area (Å²) in [4.78, 5) is 33.9. The highest BCUT2D eigenvalue weighted by atomic mass is 16.5. The van der Waals surface area contributed by atoms with Crippen LogP contribution in [0.5, 0.6) is 5.75 Å². The molecule has 3 fully saturated rings. The predicted octanol–water partition coefficient (Wildman–Crippen LogP) is 6.41. The topological polar surface area (TPSA) is 100.0 Å². The number of nitrogens with zero attached hydrogens (tertiary/aromatic N) is 2. The lowest BCUT2D eigenvalue weighted by Gasteiger charge is -2.42. The van der Waals surface area contributed by atoms with Crippen LogP contribution in [0.25, 0.3) is 22.4 Å². The minimum Gasteiger partial charge on any atom is -0.507 e. The lowest BCUT2D eigenvalue weighted by Crippen LogP contribution is -2.46. The number of allylic oxidation sites excluding steroid dienone is 2. The van der Waals surface area contributed by atoms with Crippen LogP contribution in [0, 0.1) is 17.8 Å². The third-order valence-electron chi connectivity index (χ3n) is 10.4. The number of fused-ring (bicyclic) bond motifs is 4. The van der Waals surface area contributed by atoms with E-state index < -0.39 is 13.0 Å². The number of likely N-dealkylation sites (tertiary alicyclic amines) is 1. The summed E-state index contributed by atoms with van der Waals surface area (Å²) in [5.74, 6) is -0.759. The molecular formula is C36H39BN2O5. The maximum absolute atomic E-state index is 13.9. The Labute approximate surface area is 258 Å². The molecule has 0 radical (unpaired) electrons. The molecule has 8 heteroatoms. The minimum absolute atomic E-state index is 0.00988. The fourth-order valence-electron chi connectivity index (χ4n) is 8.38. The van der Waals surface area contributed by atoms with Crippen LogP contribution in [0.4, 0.5) is 0 Å². The zero-order valence-corrected chi connectivity index (χ0v) is 25.2. The molecule has 1 saturated carbocycles. The number of benzene rings is 2. The normalized spacial score (nSPS) is 26.4. The van der Waals surface area contributed by atoms with Crippen LogP contribution in [-0.4, -0.2) is 51.1 Å². The van der Waals surface area contributed by atoms with E-state index in [1.165, 1.54) is 0 Å². The van der Waals surface area contributed by atoms with Gasteiger partial charge in [0.1, 0.15) is 5.75 Å². The molecule has 4 atom stereocenters. The number of aromatic nitrogens is 1. The second-order valence-electron chi connectivity index (χ2n) is 13.0. The van der Waals surface area contributed by atoms with Crippen molar-refractivity contribution in [2.75, 3.05) is 0 Å². The van der Waals surface area contributed by atoms with Crippen LogP contribution in [0.3, 0.4) is 0 Å². The van der Waals surface area contributed by atoms with E-state index in [2.05, 4.69) is 18.0 Å². The Hall–Kier alpha value is -3.75. The lowest BCUT2D eigenvalue weighted by molar-refractivity contribution is -0.143. The van der Waals surface area contributed by atoms with E-state index in [1.54, 1.807) is 17.2 Å². The van der Waals surface area contributed by atoms with Gasteiger partial charge in [0.2, 0.25) is 11.8 Å². The van der Waals surface area contributed by atoms with E-state index >= 15 is 0 Å². The van der Waals surface area contributed by atoms with E-state index in [0.29, 0.717) is 25.6 Å². The number of hydrogen-bond donors (Lipinski definition) is 2. The van der Waals surface area contributed by atoms with E-state index in [1.807, 2.05) is 48.5 Å². The van der Waals surface area contributed by atoms with Crippen molar-refractivity contribution in [1.82, 2.24) is 9.88 Å². The monoisotopic (exact) mass is 590 g/mol. The maximum Gasteiger partial charge on any atom is 0.455 e. The molecular weight excluding hydrogens is 551 g/mol. The molecule has 7 rings (SSSR count). The van der Waals surface area contributed by atoms with Crippen molar-refractivity contribution in [3.05, 3.63) is 83.2 Å². The summed E-state index contributed by atoms with van der Waals surface area (Å²) in [5, 5.41) is 23.1. The van der Waals surface area contributed by atoms with Gasteiger partial charge in [-0.2, -0.15) is 0 Å². The second-order valence-corrected chi connectivity index (χ2v) is 13.0. The van der Waals surface area contributed by atoms with Gasteiger partial charge in [-0.1, -0.05) is 61.2 Å². The highest BCUT2D eigenvalue weighted by Gasteiger charge is 2.58. The van der Waals surface area contributed by atoms with Gasteiger partial charge in [-0.05, 0) is 97.6 Å². The molecule has 3 heterocycles. The number of pyridine rings is 1. The molecule has 226 valence electrons. The van der Waals surface area contributed by atoms with Crippen molar-refractivity contribution in [3.63, 3.8) is 0 Å². The number of carbonyl (C=O) groups excluding carboxylic acids is 2. The minimum atomic E-state index is -0.991. The zero-order valence-electron chi connectivity index (χ0n) is 25.2. The van der Waals surface area contributed by atoms with Gasteiger partial charge in [0.25, 0.3) is 0 Å². The van der Waals surface area contributed by atoms with Crippen molar-refractivity contribution in [1.29, 1.82) is 0 Å². The number of amides is 2. The molecule has 0 spiro atoms. The SMILES string of the molecule is CC1=C2[C@@H](CC/C(=C/c3ccc(O)c4ccccc34)c3ccccn3)OB(O)C[C@@H]2[C@@H]2C(=O)N(C3CCCCC3)C(=O)[C@@H]2C1. The lowest BCUT2D eigenvalue weighted by atomic mass is 9.58. The van der Waals surface area contributed by atoms with E-state index in [4.69, 9.17) is 4.65 Å². The van der Waals surface area contributed by atoms with Gasteiger partial charge >= 0.3 is 7.12 Å². The Morgan fingerprint density at radius 1 is 1.00 bits per heavy atom. The van der Waals surface area contributed by atoms with Gasteiger partial charge in [0, 0.05) is 17.6 Å². The average molecular weight is 591 g/mol. The van der Waals surface area contributed by atoms with Gasteiger partial charge in [-0.3, -0.25) is 19.5 Å². The fourth-order valence-corrected chi connectivity index (χ4v) is 8.38. The molecule has 0 bridgehead atoms. The molecule has 2 amide bonds. The van der Waals surface area contributed by atoms with Gasteiger partial charge in [0.15, 0.2) is 0 Å². The number of aromatic hydroxyl groups is 1. The van der Waals surface area contributed by atoms with Crippen molar-refractivity contribution in [3.8, 4) is 5.75 Å². The molecule has 4 aliphatic rings. The summed E-state index contributed by atoms with van der Waals surface area (Å²) in [7, 11) is -0.991. The van der Waals surface area contributed by atoms with Crippen LogP contribution in [-0.2, 0) is 14.2 Å². The fraction of sp³-hybridized carbons (Fsp3) is 0.417. The Kier molecular flexibility index (Phi) is 7.89. The molecule has 1 aromatic heterocycles. The molecule has 2 aliphatic heterocycles. The molecule has 2 aliphatic carbocycles. The molecule has 44 heavy (non-hydrogen) atoms. The van der Waals surface area contributed by atoms with E-state index in [0.717, 1.165) is 70.9 Å². The molecule has 2 N–H and O–H groups in total. The first kappa shape index (κ1) is 29.0. The molecule has 0 unspecified atom stereocenters. The standard InChI is InChI=1S/C36H39BN2O5/c1-22-19-28-34(36(42)39(35(28)41)25-9-3-2-4-10-25)29-21-37(43)44-32(33(22)29)17-15-24(30-13-7-8-18-38-30)20-23-14-16-31(40)27-12-6-5-11-26(23)27/h5-8,11-14,16,18,20,25,28-29,32,34,40,43H,2-4,9-10,15,17,19,21H2,1H3/b24-20-/t28-,29+,32-,34-/m1/s1. The van der Waals surface area contributed by atoms with Crippen LogP contribution >= 0.6 is 0 Å². The van der Waals surface area contributed by atoms with Crippen LogP contribution < -0.4 is 0 Å². The Balaban J connectivity index is 1.19. The summed E-state index contributed by atoms with van der Waals surface area (Å²) in [6.45, 7) is 2.08. The highest BCUT2D eigenvalue weighted by molar-refractivity contribution is 6.43. The van der Waals surface area contributed by atoms with Crippen molar-refractivity contribution in [2.45, 2.75) is 76.8 Å². The smallest absolute Gasteiger partial charge is 0.455 e. The van der Waals surface area contributed by atoms with E-state index in [-0.39, 0.29) is 41.5 Å². The van der Waals surface area contributed by atoms with Gasteiger partial charge in [-0.15, -0.1) is 0 Å². The largest absolute Gasteiger partial charge is 0.507 e. The molecule has 7 nitrogen and oxygen atoms in total. The average Bonchev–Trinajstić information content (AvgIpc) is 3.29. The quantitative estimate of drug-likeness (QED) is 0.196. The number of carbonyl (C=O) groups is 2. The summed E-state index contributed by atoms with van der Waals surface area (Å²) < 4.78 is 6.21. The third kappa shape index (κ3) is 5.18. The molecule has 2 aromatic carbocycles. The number of rotatable bonds is 6. The first-order chi connectivity index (χ1) is 21.4. The van der Waals surface area contributed by atoms with Crippen LogP contribution in [0.2, 0.25) is 6.32 Å². The van der Waals surface area contributed by atoms with Crippen molar-refractivity contribution in [2.24, 2.45) is 17.8 Å². The van der Waals surface area contributed by atoms with Crippen molar-refractivity contribution >= 4 is 41.4 Å². The van der Waals surface area contributed by atoms with Gasteiger partial charge in [0.05, 0.1) is 23.6 Å². The summed E-state index contributed by atoms with van der Waals surface area (Å²) in [5.41, 5.74) is 5.07. The summed E-state index contributed by atoms with van der Waals surface area (Å²) >= 11 is 0. The number of phenols is 1. The second kappa shape index (κ2) is 12.0. The maximum atomic E-state index is 13.9. The Morgan fingerprint density at radius 3 is 2.55 bits per heavy atom. The first-order valence-corrected chi connectivity index (χ1v) is 16.1. The van der Waals surface area contributed by atoms with Gasteiger partial charge in [-0.25, -0.2) is 0 Å². The highest BCUT2D eigenvalue weighted by Crippen LogP contribution is 2.51. The predicted molar refractivity (Wildman–Crippen MR) is 171 cm³/mol. The zero-order chi connectivity index (χ0) is 30.4. The van der Waals surface area contributed by atoms with Crippen LogP contribution in [0.15, 0.2) is 71.9 Å². The Bertz CT molecular complexity index is 1650. The molecule has 3 aromatic rings. The third-order valence-corrected chi connectivity index (χ3v) is 10.4. The number of phenolic OH excluding ortho intramolecular Hbond substituents is 1. The molecule has 2 saturated heterocycles. The van der Waals surface area contributed by atoms with Crippen molar-refractivity contribution < 1.29 is 24.4 Å². The Morgan fingerprint density at radius 2 is 1.77 bits per heavy atom. The summed E-state index contributed by atoms with van der Waals surface area (Å²) in [6.07, 6.45) is 10.8. The number of imide groups is 1. The first-order valence-electron chi connectivity index (χ1n) is 16.1. The van der Waals surface area contributed by atoms with Gasteiger partial charge < -0.3 is 14.8 Å². The summed E-state index contributed by atoms with van der Waals surface area (Å²) in [6, 6.07) is 17.3. The van der Waals surface area contributed by atoms with E-state index in [9.17, 15) is 19.7 Å². The number of hydrogen-bond acceptors (Lipinski definition) is 6. The van der Waals surface area contributed by atoms with Crippen LogP contribution in [0.1, 0.15) is 69.5 Å².